The van der Waals surface area contributed by atoms with E-state index >= 15 is 0 Å². The average molecular weight is 415 g/mol. The molecular formula is C18H20Cl2N2O3S. The van der Waals surface area contributed by atoms with Crippen molar-refractivity contribution in [1.29, 1.82) is 0 Å². The molecule has 1 amide bonds. The molecule has 0 fully saturated rings. The number of sulfonamides is 1. The van der Waals surface area contributed by atoms with Crippen LogP contribution in [-0.2, 0) is 14.8 Å². The summed E-state index contributed by atoms with van der Waals surface area (Å²) in [5.41, 5.74) is 2.35. The molecule has 1 N–H and O–H groups in total. The van der Waals surface area contributed by atoms with E-state index in [1.54, 1.807) is 31.2 Å². The quantitative estimate of drug-likeness (QED) is 0.787. The largest absolute Gasteiger partial charge is 0.322 e. The van der Waals surface area contributed by atoms with Gasteiger partial charge in [0.1, 0.15) is 6.04 Å². The van der Waals surface area contributed by atoms with Gasteiger partial charge in [0.2, 0.25) is 15.9 Å². The van der Waals surface area contributed by atoms with E-state index in [-0.39, 0.29) is 15.7 Å². The van der Waals surface area contributed by atoms with E-state index in [2.05, 4.69) is 5.32 Å². The third kappa shape index (κ3) is 4.50. The summed E-state index contributed by atoms with van der Waals surface area (Å²) >= 11 is 12.2. The summed E-state index contributed by atoms with van der Waals surface area (Å²) in [5.74, 6) is -0.536. The molecule has 8 heteroatoms. The van der Waals surface area contributed by atoms with Crippen LogP contribution in [0.5, 0.6) is 0 Å². The van der Waals surface area contributed by atoms with Crippen molar-refractivity contribution in [3.63, 3.8) is 0 Å². The van der Waals surface area contributed by atoms with Crippen LogP contribution in [-0.4, -0.2) is 26.6 Å². The Hall–Kier alpha value is -1.76. The zero-order valence-electron chi connectivity index (χ0n) is 14.9. The highest BCUT2D eigenvalue weighted by Crippen LogP contribution is 2.31. The molecule has 2 rings (SSSR count). The molecule has 26 heavy (non-hydrogen) atoms. The maximum atomic E-state index is 12.7. The van der Waals surface area contributed by atoms with E-state index < -0.39 is 22.0 Å². The van der Waals surface area contributed by atoms with Crippen LogP contribution in [0.2, 0.25) is 10.0 Å². The second kappa shape index (κ2) is 7.86. The molecule has 1 unspecified atom stereocenters. The standard InChI is InChI=1S/C18H20Cl2N2O3S/c1-11-8-9-12(2)16(10-11)22(26(4,24)25)13(3)18(23)21-17-14(19)6-5-7-15(17)20/h5-10,13H,1-4H3,(H,21,23). The van der Waals surface area contributed by atoms with Gasteiger partial charge in [-0.1, -0.05) is 41.4 Å². The number of carbonyl (C=O) groups is 1. The molecule has 5 nitrogen and oxygen atoms in total. The number of hydrogen-bond acceptors (Lipinski definition) is 3. The molecule has 1 atom stereocenters. The van der Waals surface area contributed by atoms with Crippen LogP contribution in [0.15, 0.2) is 36.4 Å². The Labute approximate surface area is 164 Å². The van der Waals surface area contributed by atoms with Gasteiger partial charge >= 0.3 is 0 Å². The summed E-state index contributed by atoms with van der Waals surface area (Å²) in [6.07, 6.45) is 1.07. The maximum Gasteiger partial charge on any atom is 0.248 e. The minimum atomic E-state index is -3.71. The first-order valence-electron chi connectivity index (χ1n) is 7.84. The first kappa shape index (κ1) is 20.6. The highest BCUT2D eigenvalue weighted by atomic mass is 35.5. The topological polar surface area (TPSA) is 66.5 Å². The first-order chi connectivity index (χ1) is 12.0. The number of benzene rings is 2. The number of amides is 1. The second-order valence-electron chi connectivity index (χ2n) is 6.11. The molecule has 0 spiro atoms. The summed E-state index contributed by atoms with van der Waals surface area (Å²) < 4.78 is 25.9. The van der Waals surface area contributed by atoms with Crippen LogP contribution >= 0.6 is 23.2 Å². The molecule has 0 bridgehead atoms. The average Bonchev–Trinajstić information content (AvgIpc) is 2.53. The van der Waals surface area contributed by atoms with E-state index in [1.807, 2.05) is 19.1 Å². The number of aryl methyl sites for hydroxylation is 2. The highest BCUT2D eigenvalue weighted by molar-refractivity contribution is 7.92. The molecule has 0 saturated carbocycles. The molecule has 0 heterocycles. The van der Waals surface area contributed by atoms with Gasteiger partial charge < -0.3 is 5.32 Å². The smallest absolute Gasteiger partial charge is 0.248 e. The second-order valence-corrected chi connectivity index (χ2v) is 8.78. The Morgan fingerprint density at radius 3 is 2.23 bits per heavy atom. The van der Waals surface area contributed by atoms with Crippen molar-refractivity contribution in [1.82, 2.24) is 0 Å². The number of nitrogens with one attached hydrogen (secondary N) is 1. The van der Waals surface area contributed by atoms with Crippen molar-refractivity contribution in [3.05, 3.63) is 57.6 Å². The Bertz CT molecular complexity index is 925. The van der Waals surface area contributed by atoms with Gasteiger partial charge in [-0.25, -0.2) is 8.42 Å². The predicted octanol–water partition coefficient (Wildman–Crippen LogP) is 4.40. The van der Waals surface area contributed by atoms with Gasteiger partial charge in [-0.2, -0.15) is 0 Å². The Morgan fingerprint density at radius 2 is 1.69 bits per heavy atom. The van der Waals surface area contributed by atoms with Crippen LogP contribution < -0.4 is 9.62 Å². The fourth-order valence-corrected chi connectivity index (χ4v) is 4.30. The Kier molecular flexibility index (Phi) is 6.21. The third-order valence-corrected chi connectivity index (χ3v) is 5.76. The van der Waals surface area contributed by atoms with Crippen LogP contribution in [0.25, 0.3) is 0 Å². The van der Waals surface area contributed by atoms with Gasteiger partial charge in [0, 0.05) is 0 Å². The molecule has 0 aromatic heterocycles. The molecule has 0 radical (unpaired) electrons. The third-order valence-electron chi connectivity index (χ3n) is 3.90. The molecule has 0 saturated heterocycles. The maximum absolute atomic E-state index is 12.7. The number of hydrogen-bond donors (Lipinski definition) is 1. The monoisotopic (exact) mass is 414 g/mol. The van der Waals surface area contributed by atoms with Crippen LogP contribution in [0.3, 0.4) is 0 Å². The summed E-state index contributed by atoms with van der Waals surface area (Å²) in [6, 6.07) is 9.27. The number of para-hydroxylation sites is 1. The van der Waals surface area contributed by atoms with Gasteiger partial charge in [-0.3, -0.25) is 9.10 Å². The summed E-state index contributed by atoms with van der Waals surface area (Å²) in [5, 5.41) is 3.17. The van der Waals surface area contributed by atoms with Crippen molar-refractivity contribution < 1.29 is 13.2 Å². The van der Waals surface area contributed by atoms with E-state index in [0.717, 1.165) is 21.7 Å². The molecule has 0 aliphatic carbocycles. The van der Waals surface area contributed by atoms with Gasteiger partial charge in [0.25, 0.3) is 0 Å². The van der Waals surface area contributed by atoms with Crippen molar-refractivity contribution >= 4 is 50.5 Å². The van der Waals surface area contributed by atoms with Crippen LogP contribution in [0.1, 0.15) is 18.1 Å². The van der Waals surface area contributed by atoms with Gasteiger partial charge in [-0.15, -0.1) is 0 Å². The zero-order chi connectivity index (χ0) is 19.6. The predicted molar refractivity (Wildman–Crippen MR) is 108 cm³/mol. The van der Waals surface area contributed by atoms with Crippen molar-refractivity contribution in [3.8, 4) is 0 Å². The lowest BCUT2D eigenvalue weighted by Crippen LogP contribution is -2.45. The molecule has 140 valence electrons. The minimum absolute atomic E-state index is 0.252. The lowest BCUT2D eigenvalue weighted by molar-refractivity contribution is -0.116. The van der Waals surface area contributed by atoms with Crippen molar-refractivity contribution in [2.75, 3.05) is 15.9 Å². The Balaban J connectivity index is 2.43. The van der Waals surface area contributed by atoms with Gasteiger partial charge in [-0.05, 0) is 50.1 Å². The van der Waals surface area contributed by atoms with Crippen molar-refractivity contribution in [2.45, 2.75) is 26.8 Å². The van der Waals surface area contributed by atoms with E-state index in [4.69, 9.17) is 23.2 Å². The molecule has 2 aromatic carbocycles. The van der Waals surface area contributed by atoms with Gasteiger partial charge in [0.05, 0.1) is 27.7 Å². The lowest BCUT2D eigenvalue weighted by Gasteiger charge is -2.30. The zero-order valence-corrected chi connectivity index (χ0v) is 17.2. The fourth-order valence-electron chi connectivity index (χ4n) is 2.58. The number of carbonyl (C=O) groups excluding carboxylic acids is 1. The first-order valence-corrected chi connectivity index (χ1v) is 10.4. The molecule has 0 aliphatic heterocycles. The summed E-state index contributed by atoms with van der Waals surface area (Å²) in [4.78, 5) is 12.7. The summed E-state index contributed by atoms with van der Waals surface area (Å²) in [7, 11) is -3.71. The van der Waals surface area contributed by atoms with Crippen molar-refractivity contribution in [2.24, 2.45) is 0 Å². The SMILES string of the molecule is Cc1ccc(C)c(N(C(C)C(=O)Nc2c(Cl)cccc2Cl)S(C)(=O)=O)c1. The normalized spacial score (nSPS) is 12.5. The number of nitrogens with zero attached hydrogens (tertiary/aromatic N) is 1. The Morgan fingerprint density at radius 1 is 1.12 bits per heavy atom. The number of anilines is 2. The fraction of sp³-hybridized carbons (Fsp3) is 0.278. The summed E-state index contributed by atoms with van der Waals surface area (Å²) in [6.45, 7) is 5.17. The van der Waals surface area contributed by atoms with E-state index in [9.17, 15) is 13.2 Å². The molecule has 0 aliphatic rings. The molecule has 2 aromatic rings. The van der Waals surface area contributed by atoms with Gasteiger partial charge in [0.15, 0.2) is 0 Å². The van der Waals surface area contributed by atoms with Crippen LogP contribution in [0, 0.1) is 13.8 Å². The minimum Gasteiger partial charge on any atom is -0.322 e. The number of rotatable bonds is 5. The lowest BCUT2D eigenvalue weighted by atomic mass is 10.1. The van der Waals surface area contributed by atoms with E-state index in [0.29, 0.717) is 5.69 Å². The van der Waals surface area contributed by atoms with Crippen LogP contribution in [0.4, 0.5) is 11.4 Å². The number of halogens is 2. The van der Waals surface area contributed by atoms with E-state index in [1.165, 1.54) is 6.92 Å². The molecular weight excluding hydrogens is 395 g/mol. The highest BCUT2D eigenvalue weighted by Gasteiger charge is 2.30.